The molecular formula is C13H17ClN4. The summed E-state index contributed by atoms with van der Waals surface area (Å²) in [5.41, 5.74) is 0. The molecule has 0 unspecified atom stereocenters. The van der Waals surface area contributed by atoms with Gasteiger partial charge in [0, 0.05) is 25.1 Å². The molecule has 4 nitrogen and oxygen atoms in total. The molecule has 0 aliphatic heterocycles. The van der Waals surface area contributed by atoms with Crippen molar-refractivity contribution in [1.29, 1.82) is 5.26 Å². The van der Waals surface area contributed by atoms with E-state index in [9.17, 15) is 0 Å². The lowest BCUT2D eigenvalue weighted by molar-refractivity contribution is 0.757. The van der Waals surface area contributed by atoms with Gasteiger partial charge in [-0.15, -0.1) is 0 Å². The fraction of sp³-hybridized carbons (Fsp3) is 0.615. The predicted molar refractivity (Wildman–Crippen MR) is 71.6 cm³/mol. The molecule has 1 aromatic heterocycles. The lowest BCUT2D eigenvalue weighted by Gasteiger charge is -2.22. The summed E-state index contributed by atoms with van der Waals surface area (Å²) >= 11 is 6.05. The van der Waals surface area contributed by atoms with Crippen molar-refractivity contribution < 1.29 is 0 Å². The molecule has 1 saturated carbocycles. The van der Waals surface area contributed by atoms with Gasteiger partial charge in [0.1, 0.15) is 16.8 Å². The highest BCUT2D eigenvalue weighted by atomic mass is 35.5. The molecule has 96 valence electrons. The highest BCUT2D eigenvalue weighted by molar-refractivity contribution is 6.29. The van der Waals surface area contributed by atoms with Gasteiger partial charge in [0.15, 0.2) is 0 Å². The van der Waals surface area contributed by atoms with Crippen LogP contribution in [0.4, 0.5) is 5.82 Å². The van der Waals surface area contributed by atoms with Crippen LogP contribution in [-0.2, 0) is 6.42 Å². The first kappa shape index (κ1) is 13.1. The third-order valence-corrected chi connectivity index (χ3v) is 3.14. The van der Waals surface area contributed by atoms with Crippen LogP contribution in [0, 0.1) is 11.3 Å². The van der Waals surface area contributed by atoms with Gasteiger partial charge in [0.25, 0.3) is 0 Å². The quantitative estimate of drug-likeness (QED) is 0.742. The molecule has 0 atom stereocenters. The first-order valence-electron chi connectivity index (χ1n) is 6.41. The molecule has 0 spiro atoms. The average molecular weight is 265 g/mol. The van der Waals surface area contributed by atoms with Crippen LogP contribution in [0.25, 0.3) is 0 Å². The van der Waals surface area contributed by atoms with E-state index in [1.54, 1.807) is 6.07 Å². The number of aromatic nitrogens is 2. The molecule has 0 bridgehead atoms. The molecule has 0 aromatic carbocycles. The van der Waals surface area contributed by atoms with Crippen LogP contribution < -0.4 is 4.90 Å². The predicted octanol–water partition coefficient (Wildman–Crippen LogP) is 2.96. The number of nitrogens with zero attached hydrogens (tertiary/aromatic N) is 4. The molecule has 2 rings (SSSR count). The van der Waals surface area contributed by atoms with Gasteiger partial charge in [-0.25, -0.2) is 9.97 Å². The molecular weight excluding hydrogens is 248 g/mol. The summed E-state index contributed by atoms with van der Waals surface area (Å²) in [5.74, 6) is 1.67. The molecule has 18 heavy (non-hydrogen) atoms. The fourth-order valence-corrected chi connectivity index (χ4v) is 2.17. The number of aryl methyl sites for hydroxylation is 1. The smallest absolute Gasteiger partial charge is 0.134 e. The van der Waals surface area contributed by atoms with Crippen molar-refractivity contribution in [3.05, 3.63) is 17.0 Å². The lowest BCUT2D eigenvalue weighted by atomic mass is 10.3. The second-order valence-corrected chi connectivity index (χ2v) is 4.94. The SMILES string of the molecule is CCCc1nc(Cl)cc(N(CCC#N)C2CC2)n1. The summed E-state index contributed by atoms with van der Waals surface area (Å²) in [5, 5.41) is 9.21. The van der Waals surface area contributed by atoms with Crippen LogP contribution in [0.15, 0.2) is 6.07 Å². The van der Waals surface area contributed by atoms with Crippen LogP contribution in [-0.4, -0.2) is 22.6 Å². The first-order chi connectivity index (χ1) is 8.74. The summed E-state index contributed by atoms with van der Waals surface area (Å²) < 4.78 is 0. The standard InChI is InChI=1S/C13H17ClN4/c1-2-4-12-16-11(14)9-13(17-12)18(8-3-7-15)10-5-6-10/h9-10H,2-6,8H2,1H3. The Kier molecular flexibility index (Phi) is 4.38. The van der Waals surface area contributed by atoms with E-state index in [0.29, 0.717) is 17.6 Å². The van der Waals surface area contributed by atoms with Crippen molar-refractivity contribution in [2.45, 2.75) is 45.1 Å². The van der Waals surface area contributed by atoms with Crippen molar-refractivity contribution in [2.24, 2.45) is 0 Å². The van der Waals surface area contributed by atoms with E-state index in [1.807, 2.05) is 0 Å². The van der Waals surface area contributed by atoms with E-state index in [1.165, 1.54) is 12.8 Å². The molecule has 1 fully saturated rings. The Labute approximate surface area is 113 Å². The van der Waals surface area contributed by atoms with E-state index in [-0.39, 0.29) is 0 Å². The van der Waals surface area contributed by atoms with Gasteiger partial charge in [-0.2, -0.15) is 5.26 Å². The van der Waals surface area contributed by atoms with E-state index in [2.05, 4.69) is 27.9 Å². The number of hydrogen-bond donors (Lipinski definition) is 0. The Morgan fingerprint density at radius 2 is 2.28 bits per heavy atom. The molecule has 5 heteroatoms. The Balaban J connectivity index is 2.20. The Hall–Kier alpha value is -1.34. The number of rotatable bonds is 6. The fourth-order valence-electron chi connectivity index (χ4n) is 1.97. The van der Waals surface area contributed by atoms with Gasteiger partial charge in [-0.05, 0) is 19.3 Å². The minimum Gasteiger partial charge on any atom is -0.352 e. The summed E-state index contributed by atoms with van der Waals surface area (Å²) in [7, 11) is 0. The first-order valence-corrected chi connectivity index (χ1v) is 6.79. The maximum Gasteiger partial charge on any atom is 0.134 e. The average Bonchev–Trinajstić information content (AvgIpc) is 3.14. The maximum atomic E-state index is 8.72. The van der Waals surface area contributed by atoms with E-state index < -0.39 is 0 Å². The molecule has 0 N–H and O–H groups in total. The normalized spacial score (nSPS) is 14.3. The summed E-state index contributed by atoms with van der Waals surface area (Å²) in [6.45, 7) is 2.82. The zero-order valence-corrected chi connectivity index (χ0v) is 11.3. The zero-order valence-electron chi connectivity index (χ0n) is 10.6. The number of anilines is 1. The number of hydrogen-bond acceptors (Lipinski definition) is 4. The van der Waals surface area contributed by atoms with Crippen LogP contribution >= 0.6 is 11.6 Å². The minimum absolute atomic E-state index is 0.492. The molecule has 1 aliphatic carbocycles. The molecule has 1 aliphatic rings. The second-order valence-electron chi connectivity index (χ2n) is 4.55. The van der Waals surface area contributed by atoms with Crippen molar-refractivity contribution in [3.8, 4) is 6.07 Å². The van der Waals surface area contributed by atoms with Gasteiger partial charge >= 0.3 is 0 Å². The number of nitriles is 1. The van der Waals surface area contributed by atoms with E-state index >= 15 is 0 Å². The highest BCUT2D eigenvalue weighted by Crippen LogP contribution is 2.31. The summed E-state index contributed by atoms with van der Waals surface area (Å²) in [4.78, 5) is 11.0. The minimum atomic E-state index is 0.492. The Morgan fingerprint density at radius 3 is 2.89 bits per heavy atom. The monoisotopic (exact) mass is 264 g/mol. The van der Waals surface area contributed by atoms with Crippen LogP contribution in [0.3, 0.4) is 0 Å². The maximum absolute atomic E-state index is 8.72. The van der Waals surface area contributed by atoms with Crippen molar-refractivity contribution >= 4 is 17.4 Å². The van der Waals surface area contributed by atoms with Gasteiger partial charge in [0.05, 0.1) is 12.5 Å². The van der Waals surface area contributed by atoms with E-state index in [0.717, 1.165) is 31.0 Å². The summed E-state index contributed by atoms with van der Waals surface area (Å²) in [6, 6.07) is 4.52. The van der Waals surface area contributed by atoms with Crippen LogP contribution in [0.1, 0.15) is 38.4 Å². The van der Waals surface area contributed by atoms with Gasteiger partial charge in [-0.3, -0.25) is 0 Å². The van der Waals surface area contributed by atoms with Gasteiger partial charge in [0.2, 0.25) is 0 Å². The van der Waals surface area contributed by atoms with Gasteiger partial charge in [-0.1, -0.05) is 18.5 Å². The topological polar surface area (TPSA) is 52.8 Å². The molecule has 0 amide bonds. The highest BCUT2D eigenvalue weighted by Gasteiger charge is 2.30. The largest absolute Gasteiger partial charge is 0.352 e. The second kappa shape index (κ2) is 6.01. The Bertz CT molecular complexity index is 451. The Morgan fingerprint density at radius 1 is 1.50 bits per heavy atom. The lowest BCUT2D eigenvalue weighted by Crippen LogP contribution is -2.28. The third kappa shape index (κ3) is 3.33. The van der Waals surface area contributed by atoms with E-state index in [4.69, 9.17) is 16.9 Å². The molecule has 0 saturated heterocycles. The molecule has 1 aromatic rings. The third-order valence-electron chi connectivity index (χ3n) is 2.95. The molecule has 1 heterocycles. The van der Waals surface area contributed by atoms with Gasteiger partial charge < -0.3 is 4.90 Å². The zero-order chi connectivity index (χ0) is 13.0. The van der Waals surface area contributed by atoms with Crippen molar-refractivity contribution in [1.82, 2.24) is 9.97 Å². The summed E-state index contributed by atoms with van der Waals surface area (Å²) in [6.07, 6.45) is 4.71. The molecule has 0 radical (unpaired) electrons. The van der Waals surface area contributed by atoms with Crippen molar-refractivity contribution in [2.75, 3.05) is 11.4 Å². The van der Waals surface area contributed by atoms with Crippen LogP contribution in [0.2, 0.25) is 5.15 Å². The van der Waals surface area contributed by atoms with Crippen molar-refractivity contribution in [3.63, 3.8) is 0 Å². The number of halogens is 1. The van der Waals surface area contributed by atoms with Crippen LogP contribution in [0.5, 0.6) is 0 Å².